The number of carbonyl (C=O) groups is 2. The monoisotopic (exact) mass is 294 g/mol. The first-order valence-corrected chi connectivity index (χ1v) is 6.77. The average molecular weight is 294 g/mol. The number of carbonyl (C=O) groups excluding carboxylic acids is 1. The van der Waals surface area contributed by atoms with Crippen molar-refractivity contribution in [1.29, 1.82) is 0 Å². The molecule has 1 aromatic rings. The first kappa shape index (κ1) is 17.1. The molecule has 0 aliphatic heterocycles. The number of carboxylic acids is 1. The van der Waals surface area contributed by atoms with Crippen molar-refractivity contribution < 1.29 is 19.8 Å². The van der Waals surface area contributed by atoms with E-state index in [1.54, 1.807) is 0 Å². The van der Waals surface area contributed by atoms with Gasteiger partial charge in [0.1, 0.15) is 5.69 Å². The molecule has 0 aliphatic rings. The number of aliphatic hydroxyl groups excluding tert-OH is 1. The molecular formula is C15H22N2O4. The molecule has 0 fully saturated rings. The van der Waals surface area contributed by atoms with E-state index in [1.807, 2.05) is 20.8 Å². The Kier molecular flexibility index (Phi) is 5.43. The lowest BCUT2D eigenvalue weighted by Gasteiger charge is -2.22. The van der Waals surface area contributed by atoms with E-state index >= 15 is 0 Å². The predicted octanol–water partition coefficient (Wildman–Crippen LogP) is 1.62. The van der Waals surface area contributed by atoms with Crippen molar-refractivity contribution in [2.45, 2.75) is 40.2 Å². The zero-order chi connectivity index (χ0) is 16.2. The lowest BCUT2D eigenvalue weighted by molar-refractivity contribution is 0.0694. The van der Waals surface area contributed by atoms with Crippen LogP contribution in [-0.4, -0.2) is 39.7 Å². The minimum atomic E-state index is -1.08. The molecule has 1 atom stereocenters. The van der Waals surface area contributed by atoms with Crippen LogP contribution in [-0.2, 0) is 0 Å². The molecule has 0 saturated heterocycles. The number of aryl methyl sites for hydroxylation is 1. The maximum absolute atomic E-state index is 11.9. The van der Waals surface area contributed by atoms with Gasteiger partial charge in [0, 0.05) is 6.54 Å². The number of hydrogen-bond donors (Lipinski definition) is 3. The van der Waals surface area contributed by atoms with Crippen LogP contribution in [0, 0.1) is 12.3 Å². The van der Waals surface area contributed by atoms with Gasteiger partial charge in [-0.15, -0.1) is 0 Å². The molecule has 0 saturated carbocycles. The first-order chi connectivity index (χ1) is 9.60. The van der Waals surface area contributed by atoms with Gasteiger partial charge in [-0.3, -0.25) is 4.79 Å². The lowest BCUT2D eigenvalue weighted by atomic mass is 9.89. The van der Waals surface area contributed by atoms with Crippen molar-refractivity contribution in [2.75, 3.05) is 6.54 Å². The lowest BCUT2D eigenvalue weighted by Crippen LogP contribution is -2.34. The number of carboxylic acid groups (broad SMARTS) is 1. The Hall–Kier alpha value is -1.95. The van der Waals surface area contributed by atoms with Crippen molar-refractivity contribution in [3.63, 3.8) is 0 Å². The number of amides is 1. The Morgan fingerprint density at radius 3 is 2.43 bits per heavy atom. The maximum atomic E-state index is 11.9. The molecule has 0 spiro atoms. The summed E-state index contributed by atoms with van der Waals surface area (Å²) in [6.45, 7) is 7.70. The number of rotatable bonds is 5. The highest BCUT2D eigenvalue weighted by Crippen LogP contribution is 2.20. The van der Waals surface area contributed by atoms with Gasteiger partial charge in [0.15, 0.2) is 0 Å². The second-order valence-corrected chi connectivity index (χ2v) is 6.26. The molecule has 1 unspecified atom stereocenters. The zero-order valence-corrected chi connectivity index (χ0v) is 12.8. The first-order valence-electron chi connectivity index (χ1n) is 6.77. The fraction of sp³-hybridized carbons (Fsp3) is 0.533. The number of pyridine rings is 1. The minimum Gasteiger partial charge on any atom is -0.478 e. The minimum absolute atomic E-state index is 0.0257. The molecule has 0 bridgehead atoms. The summed E-state index contributed by atoms with van der Waals surface area (Å²) in [4.78, 5) is 26.8. The highest BCUT2D eigenvalue weighted by Gasteiger charge is 2.18. The highest BCUT2D eigenvalue weighted by molar-refractivity contribution is 5.94. The topological polar surface area (TPSA) is 99.5 Å². The van der Waals surface area contributed by atoms with Crippen LogP contribution in [0.25, 0.3) is 0 Å². The molecule has 1 aromatic heterocycles. The van der Waals surface area contributed by atoms with Gasteiger partial charge >= 0.3 is 5.97 Å². The fourth-order valence-electron chi connectivity index (χ4n) is 1.99. The number of aliphatic hydroxyl groups is 1. The predicted molar refractivity (Wildman–Crippen MR) is 78.3 cm³/mol. The molecule has 0 aromatic carbocycles. The number of aromatic carboxylic acids is 1. The Morgan fingerprint density at radius 2 is 1.95 bits per heavy atom. The van der Waals surface area contributed by atoms with Crippen molar-refractivity contribution in [3.05, 3.63) is 29.1 Å². The SMILES string of the molecule is Cc1nc(C(=O)NCC(O)CC(C)(C)C)ccc1C(=O)O. The van der Waals surface area contributed by atoms with Gasteiger partial charge in [-0.2, -0.15) is 0 Å². The molecular weight excluding hydrogens is 272 g/mol. The molecule has 1 amide bonds. The standard InChI is InChI=1S/C15H22N2O4/c1-9-11(14(20)21)5-6-12(17-9)13(19)16-8-10(18)7-15(2,3)4/h5-6,10,18H,7-8H2,1-4H3,(H,16,19)(H,20,21). The van der Waals surface area contributed by atoms with Crippen LogP contribution in [0.5, 0.6) is 0 Å². The summed E-state index contributed by atoms with van der Waals surface area (Å²) in [6, 6.07) is 2.72. The largest absolute Gasteiger partial charge is 0.478 e. The van der Waals surface area contributed by atoms with Crippen LogP contribution >= 0.6 is 0 Å². The second kappa shape index (κ2) is 6.67. The van der Waals surface area contributed by atoms with Gasteiger partial charge in [0.25, 0.3) is 5.91 Å². The van der Waals surface area contributed by atoms with Crippen molar-refractivity contribution in [2.24, 2.45) is 5.41 Å². The third kappa shape index (κ3) is 5.51. The van der Waals surface area contributed by atoms with E-state index in [4.69, 9.17) is 5.11 Å². The van der Waals surface area contributed by atoms with Gasteiger partial charge in [-0.25, -0.2) is 9.78 Å². The molecule has 1 heterocycles. The average Bonchev–Trinajstić information content (AvgIpc) is 2.33. The third-order valence-electron chi connectivity index (χ3n) is 2.90. The summed E-state index contributed by atoms with van der Waals surface area (Å²) in [6.07, 6.45) is -0.0640. The van der Waals surface area contributed by atoms with Gasteiger partial charge < -0.3 is 15.5 Å². The van der Waals surface area contributed by atoms with E-state index in [9.17, 15) is 14.7 Å². The van der Waals surface area contributed by atoms with Gasteiger partial charge in [-0.1, -0.05) is 20.8 Å². The quantitative estimate of drug-likeness (QED) is 0.766. The molecule has 0 radical (unpaired) electrons. The van der Waals surface area contributed by atoms with E-state index in [2.05, 4.69) is 10.3 Å². The molecule has 116 valence electrons. The molecule has 0 aliphatic carbocycles. The Balaban J connectivity index is 2.64. The van der Waals surface area contributed by atoms with Crippen LogP contribution in [0.4, 0.5) is 0 Å². The van der Waals surface area contributed by atoms with Crippen molar-refractivity contribution in [3.8, 4) is 0 Å². The summed E-state index contributed by atoms with van der Waals surface area (Å²) < 4.78 is 0. The van der Waals surface area contributed by atoms with Crippen LogP contribution in [0.15, 0.2) is 12.1 Å². The van der Waals surface area contributed by atoms with E-state index in [1.165, 1.54) is 19.1 Å². The molecule has 6 nitrogen and oxygen atoms in total. The highest BCUT2D eigenvalue weighted by atomic mass is 16.4. The summed E-state index contributed by atoms with van der Waals surface area (Å²) in [5, 5.41) is 21.3. The maximum Gasteiger partial charge on any atom is 0.337 e. The number of hydrogen-bond acceptors (Lipinski definition) is 4. The van der Waals surface area contributed by atoms with E-state index in [0.717, 1.165) is 0 Å². The molecule has 1 rings (SSSR count). The van der Waals surface area contributed by atoms with Gasteiger partial charge in [-0.05, 0) is 30.9 Å². The fourth-order valence-corrected chi connectivity index (χ4v) is 1.99. The number of aromatic nitrogens is 1. The summed E-state index contributed by atoms with van der Waals surface area (Å²) in [7, 11) is 0. The summed E-state index contributed by atoms with van der Waals surface area (Å²) in [5.74, 6) is -1.50. The molecule has 21 heavy (non-hydrogen) atoms. The van der Waals surface area contributed by atoms with Crippen LogP contribution in [0.3, 0.4) is 0 Å². The zero-order valence-electron chi connectivity index (χ0n) is 12.8. The Labute approximate surface area is 124 Å². The van der Waals surface area contributed by atoms with Crippen LogP contribution in [0.2, 0.25) is 0 Å². The smallest absolute Gasteiger partial charge is 0.337 e. The second-order valence-electron chi connectivity index (χ2n) is 6.26. The van der Waals surface area contributed by atoms with Gasteiger partial charge in [0.05, 0.1) is 17.4 Å². The third-order valence-corrected chi connectivity index (χ3v) is 2.90. The van der Waals surface area contributed by atoms with Crippen LogP contribution in [0.1, 0.15) is 53.7 Å². The normalized spacial score (nSPS) is 12.8. The summed E-state index contributed by atoms with van der Waals surface area (Å²) >= 11 is 0. The van der Waals surface area contributed by atoms with Crippen LogP contribution < -0.4 is 5.32 Å². The van der Waals surface area contributed by atoms with Crippen molar-refractivity contribution in [1.82, 2.24) is 10.3 Å². The van der Waals surface area contributed by atoms with E-state index in [0.29, 0.717) is 6.42 Å². The van der Waals surface area contributed by atoms with Gasteiger partial charge in [0.2, 0.25) is 0 Å². The molecule has 6 heteroatoms. The van der Waals surface area contributed by atoms with E-state index in [-0.39, 0.29) is 28.9 Å². The number of nitrogens with one attached hydrogen (secondary N) is 1. The van der Waals surface area contributed by atoms with Crippen molar-refractivity contribution >= 4 is 11.9 Å². The molecule has 3 N–H and O–H groups in total. The summed E-state index contributed by atoms with van der Waals surface area (Å²) in [5.41, 5.74) is 0.465. The number of nitrogens with zero attached hydrogens (tertiary/aromatic N) is 1. The Morgan fingerprint density at radius 1 is 1.33 bits per heavy atom. The van der Waals surface area contributed by atoms with E-state index < -0.39 is 18.0 Å². The Bertz CT molecular complexity index is 535.